The molecule has 0 saturated carbocycles. The minimum Gasteiger partial charge on any atom is -0.497 e. The highest BCUT2D eigenvalue weighted by Crippen LogP contribution is 2.26. The summed E-state index contributed by atoms with van der Waals surface area (Å²) >= 11 is 3.37. The quantitative estimate of drug-likeness (QED) is 0.617. The Morgan fingerprint density at radius 2 is 1.96 bits per heavy atom. The molecule has 2 aromatic carbocycles. The van der Waals surface area contributed by atoms with Gasteiger partial charge in [0, 0.05) is 21.5 Å². The molecular formula is C18H15BrO4. The Labute approximate surface area is 142 Å². The van der Waals surface area contributed by atoms with Crippen molar-refractivity contribution in [1.29, 1.82) is 0 Å². The summed E-state index contributed by atoms with van der Waals surface area (Å²) in [6.45, 7) is 0.260. The van der Waals surface area contributed by atoms with E-state index in [4.69, 9.17) is 13.9 Å². The molecule has 0 fully saturated rings. The van der Waals surface area contributed by atoms with Gasteiger partial charge in [-0.25, -0.2) is 0 Å². The summed E-state index contributed by atoms with van der Waals surface area (Å²) in [6, 6.07) is 13.2. The van der Waals surface area contributed by atoms with Gasteiger partial charge in [0.1, 0.15) is 17.9 Å². The monoisotopic (exact) mass is 374 g/mol. The number of hydrogen-bond donors (Lipinski definition) is 0. The van der Waals surface area contributed by atoms with E-state index < -0.39 is 0 Å². The molecule has 0 unspecified atom stereocenters. The third-order valence-electron chi connectivity index (χ3n) is 3.51. The van der Waals surface area contributed by atoms with Gasteiger partial charge in [0.2, 0.25) is 0 Å². The zero-order chi connectivity index (χ0) is 16.2. The van der Waals surface area contributed by atoms with Crippen LogP contribution in [0.25, 0.3) is 11.0 Å². The van der Waals surface area contributed by atoms with E-state index in [-0.39, 0.29) is 19.0 Å². The normalized spacial score (nSPS) is 10.7. The summed E-state index contributed by atoms with van der Waals surface area (Å²) < 4.78 is 16.9. The van der Waals surface area contributed by atoms with Crippen molar-refractivity contribution in [3.05, 3.63) is 64.3 Å². The topological polar surface area (TPSA) is 48.7 Å². The Hall–Kier alpha value is -2.27. The number of fused-ring (bicyclic) bond motifs is 1. The van der Waals surface area contributed by atoms with Gasteiger partial charge in [0.15, 0.2) is 0 Å². The lowest BCUT2D eigenvalue weighted by molar-refractivity contribution is -0.144. The van der Waals surface area contributed by atoms with Gasteiger partial charge in [-0.2, -0.15) is 0 Å². The average Bonchev–Trinajstić information content (AvgIpc) is 2.96. The van der Waals surface area contributed by atoms with Crippen LogP contribution in [0.3, 0.4) is 0 Å². The lowest BCUT2D eigenvalue weighted by Crippen LogP contribution is -2.07. The van der Waals surface area contributed by atoms with Crippen molar-refractivity contribution >= 4 is 32.9 Å². The van der Waals surface area contributed by atoms with Gasteiger partial charge in [-0.15, -0.1) is 0 Å². The van der Waals surface area contributed by atoms with Crippen molar-refractivity contribution < 1.29 is 18.7 Å². The Morgan fingerprint density at radius 1 is 1.17 bits per heavy atom. The van der Waals surface area contributed by atoms with Crippen molar-refractivity contribution in [3.63, 3.8) is 0 Å². The molecule has 0 N–H and O–H groups in total. The first-order valence-corrected chi connectivity index (χ1v) is 7.89. The fourth-order valence-corrected chi connectivity index (χ4v) is 2.54. The first kappa shape index (κ1) is 15.6. The minimum absolute atomic E-state index is 0.176. The number of esters is 1. The van der Waals surface area contributed by atoms with Crippen LogP contribution in [-0.2, 0) is 22.6 Å². The van der Waals surface area contributed by atoms with Gasteiger partial charge in [-0.3, -0.25) is 4.79 Å². The van der Waals surface area contributed by atoms with E-state index in [2.05, 4.69) is 15.9 Å². The lowest BCUT2D eigenvalue weighted by Gasteiger charge is -2.05. The van der Waals surface area contributed by atoms with E-state index >= 15 is 0 Å². The molecule has 118 valence electrons. The van der Waals surface area contributed by atoms with E-state index in [0.29, 0.717) is 5.58 Å². The lowest BCUT2D eigenvalue weighted by atomic mass is 10.1. The van der Waals surface area contributed by atoms with E-state index in [1.165, 1.54) is 0 Å². The fraction of sp³-hybridized carbons (Fsp3) is 0.167. The van der Waals surface area contributed by atoms with Gasteiger partial charge >= 0.3 is 5.97 Å². The Kier molecular flexibility index (Phi) is 4.67. The van der Waals surface area contributed by atoms with Crippen LogP contribution in [0.15, 0.2) is 57.6 Å². The molecule has 0 aliphatic rings. The molecule has 0 atom stereocenters. The predicted molar refractivity (Wildman–Crippen MR) is 90.4 cm³/mol. The molecule has 0 saturated heterocycles. The SMILES string of the molecule is COc1ccc2c(CC(=O)OCc3ccc(Br)cc3)coc2c1. The third-order valence-corrected chi connectivity index (χ3v) is 4.04. The van der Waals surface area contributed by atoms with Crippen molar-refractivity contribution in [3.8, 4) is 5.75 Å². The zero-order valence-electron chi connectivity index (χ0n) is 12.5. The van der Waals surface area contributed by atoms with Gasteiger partial charge in [-0.05, 0) is 29.8 Å². The number of ether oxygens (including phenoxy) is 2. The summed E-state index contributed by atoms with van der Waals surface area (Å²) in [5, 5.41) is 0.895. The van der Waals surface area contributed by atoms with Gasteiger partial charge in [0.05, 0.1) is 19.8 Å². The molecule has 0 bridgehead atoms. The van der Waals surface area contributed by atoms with Crippen LogP contribution in [-0.4, -0.2) is 13.1 Å². The fourth-order valence-electron chi connectivity index (χ4n) is 2.28. The van der Waals surface area contributed by atoms with Gasteiger partial charge < -0.3 is 13.9 Å². The molecular weight excluding hydrogens is 360 g/mol. The van der Waals surface area contributed by atoms with Crippen LogP contribution >= 0.6 is 15.9 Å². The Bertz CT molecular complexity index is 821. The summed E-state index contributed by atoms with van der Waals surface area (Å²) in [6.07, 6.45) is 1.76. The number of halogens is 1. The molecule has 0 radical (unpaired) electrons. The highest BCUT2D eigenvalue weighted by Gasteiger charge is 2.12. The standard InChI is InChI=1S/C18H15BrO4/c1-21-15-6-7-16-13(11-22-17(16)9-15)8-18(20)23-10-12-2-4-14(19)5-3-12/h2-7,9,11H,8,10H2,1H3. The number of benzene rings is 2. The van der Waals surface area contributed by atoms with Crippen LogP contribution in [0, 0.1) is 0 Å². The molecule has 1 heterocycles. The molecule has 23 heavy (non-hydrogen) atoms. The highest BCUT2D eigenvalue weighted by atomic mass is 79.9. The number of methoxy groups -OCH3 is 1. The summed E-state index contributed by atoms with van der Waals surface area (Å²) in [4.78, 5) is 12.0. The van der Waals surface area contributed by atoms with Crippen LogP contribution in [0.5, 0.6) is 5.75 Å². The zero-order valence-corrected chi connectivity index (χ0v) is 14.1. The molecule has 1 aromatic heterocycles. The van der Waals surface area contributed by atoms with Crippen LogP contribution in [0.1, 0.15) is 11.1 Å². The van der Waals surface area contributed by atoms with E-state index in [0.717, 1.165) is 26.7 Å². The first-order chi connectivity index (χ1) is 11.2. The van der Waals surface area contributed by atoms with Crippen LogP contribution < -0.4 is 4.74 Å². The number of hydrogen-bond acceptors (Lipinski definition) is 4. The van der Waals surface area contributed by atoms with Crippen molar-refractivity contribution in [2.24, 2.45) is 0 Å². The highest BCUT2D eigenvalue weighted by molar-refractivity contribution is 9.10. The maximum atomic E-state index is 12.0. The summed E-state index contributed by atoms with van der Waals surface area (Å²) in [5.74, 6) is 0.433. The second-order valence-electron chi connectivity index (χ2n) is 5.09. The van der Waals surface area contributed by atoms with E-state index in [1.807, 2.05) is 36.4 Å². The van der Waals surface area contributed by atoms with E-state index in [1.54, 1.807) is 19.4 Å². The van der Waals surface area contributed by atoms with E-state index in [9.17, 15) is 4.79 Å². The maximum absolute atomic E-state index is 12.0. The summed E-state index contributed by atoms with van der Waals surface area (Å²) in [7, 11) is 1.60. The number of rotatable bonds is 5. The van der Waals surface area contributed by atoms with Crippen molar-refractivity contribution in [1.82, 2.24) is 0 Å². The Morgan fingerprint density at radius 3 is 2.70 bits per heavy atom. The first-order valence-electron chi connectivity index (χ1n) is 7.10. The number of carbonyl (C=O) groups is 1. The van der Waals surface area contributed by atoms with Crippen molar-refractivity contribution in [2.75, 3.05) is 7.11 Å². The molecule has 3 rings (SSSR count). The predicted octanol–water partition coefficient (Wildman–Crippen LogP) is 4.49. The van der Waals surface area contributed by atoms with Crippen LogP contribution in [0.4, 0.5) is 0 Å². The smallest absolute Gasteiger partial charge is 0.310 e. The molecule has 0 amide bonds. The summed E-state index contributed by atoms with van der Waals surface area (Å²) in [5.41, 5.74) is 2.45. The average molecular weight is 375 g/mol. The van der Waals surface area contributed by atoms with Gasteiger partial charge in [0.25, 0.3) is 0 Å². The second-order valence-corrected chi connectivity index (χ2v) is 6.00. The molecule has 4 nitrogen and oxygen atoms in total. The second kappa shape index (κ2) is 6.87. The molecule has 0 aliphatic carbocycles. The largest absolute Gasteiger partial charge is 0.497 e. The molecule has 5 heteroatoms. The number of carbonyl (C=O) groups excluding carboxylic acids is 1. The van der Waals surface area contributed by atoms with Crippen LogP contribution in [0.2, 0.25) is 0 Å². The maximum Gasteiger partial charge on any atom is 0.310 e. The Balaban J connectivity index is 1.64. The van der Waals surface area contributed by atoms with Crippen molar-refractivity contribution in [2.45, 2.75) is 13.0 Å². The molecule has 0 spiro atoms. The number of furan rings is 1. The molecule has 3 aromatic rings. The van der Waals surface area contributed by atoms with Gasteiger partial charge in [-0.1, -0.05) is 28.1 Å². The third kappa shape index (κ3) is 3.74. The minimum atomic E-state index is -0.286. The molecule has 0 aliphatic heterocycles.